The zero-order valence-electron chi connectivity index (χ0n) is 12.9. The van der Waals surface area contributed by atoms with Crippen molar-refractivity contribution in [1.82, 2.24) is 5.16 Å². The molecule has 1 fully saturated rings. The van der Waals surface area contributed by atoms with Crippen molar-refractivity contribution in [2.75, 3.05) is 25.0 Å². The SMILES string of the molecule is Cc1ccc(-c2cc(NC(=O)C[NH+]3CCCCC3)on2)cc1. The predicted molar refractivity (Wildman–Crippen MR) is 84.7 cm³/mol. The molecule has 0 aliphatic carbocycles. The number of hydrogen-bond acceptors (Lipinski definition) is 3. The van der Waals surface area contributed by atoms with Crippen molar-refractivity contribution in [2.45, 2.75) is 26.2 Å². The first-order chi connectivity index (χ1) is 10.7. The minimum absolute atomic E-state index is 0.0106. The van der Waals surface area contributed by atoms with Crippen LogP contribution < -0.4 is 10.2 Å². The minimum Gasteiger partial charge on any atom is -0.338 e. The summed E-state index contributed by atoms with van der Waals surface area (Å²) in [6.45, 7) is 4.71. The van der Waals surface area contributed by atoms with Gasteiger partial charge in [-0.1, -0.05) is 35.0 Å². The number of aromatic nitrogens is 1. The number of piperidine rings is 1. The van der Waals surface area contributed by atoms with Crippen molar-refractivity contribution >= 4 is 11.8 Å². The molecule has 0 unspecified atom stereocenters. The number of likely N-dealkylation sites (tertiary alicyclic amines) is 1. The molecule has 1 aliphatic heterocycles. The van der Waals surface area contributed by atoms with Crippen LogP contribution in [0.5, 0.6) is 0 Å². The quantitative estimate of drug-likeness (QED) is 0.903. The van der Waals surface area contributed by atoms with Crippen LogP contribution in [0.4, 0.5) is 5.88 Å². The lowest BCUT2D eigenvalue weighted by Crippen LogP contribution is -3.13. The van der Waals surface area contributed by atoms with Crippen molar-refractivity contribution in [3.8, 4) is 11.3 Å². The summed E-state index contributed by atoms with van der Waals surface area (Å²) in [5.74, 6) is 0.403. The second-order valence-electron chi connectivity index (χ2n) is 5.98. The van der Waals surface area contributed by atoms with E-state index < -0.39 is 0 Å². The first kappa shape index (κ1) is 14.8. The molecule has 1 saturated heterocycles. The molecule has 2 N–H and O–H groups in total. The second-order valence-corrected chi connectivity index (χ2v) is 5.98. The summed E-state index contributed by atoms with van der Waals surface area (Å²) in [6, 6.07) is 9.82. The molecule has 5 heteroatoms. The van der Waals surface area contributed by atoms with E-state index in [1.807, 2.05) is 31.2 Å². The van der Waals surface area contributed by atoms with Crippen molar-refractivity contribution in [3.05, 3.63) is 35.9 Å². The van der Waals surface area contributed by atoms with Crippen LogP contribution in [0.1, 0.15) is 24.8 Å². The Kier molecular flexibility index (Phi) is 4.53. The topological polar surface area (TPSA) is 59.6 Å². The molecule has 0 radical (unpaired) electrons. The van der Waals surface area contributed by atoms with E-state index >= 15 is 0 Å². The number of benzene rings is 1. The van der Waals surface area contributed by atoms with E-state index in [0.717, 1.165) is 24.3 Å². The van der Waals surface area contributed by atoms with Gasteiger partial charge in [-0.25, -0.2) is 0 Å². The summed E-state index contributed by atoms with van der Waals surface area (Å²) >= 11 is 0. The Hall–Kier alpha value is -2.14. The highest BCUT2D eigenvalue weighted by Crippen LogP contribution is 2.21. The number of hydrogen-bond donors (Lipinski definition) is 2. The molecule has 2 heterocycles. The van der Waals surface area contributed by atoms with Crippen LogP contribution in [0.25, 0.3) is 11.3 Å². The molecule has 116 valence electrons. The zero-order chi connectivity index (χ0) is 15.4. The Morgan fingerprint density at radius 1 is 1.23 bits per heavy atom. The van der Waals surface area contributed by atoms with Crippen LogP contribution in [0.3, 0.4) is 0 Å². The molecule has 0 spiro atoms. The fourth-order valence-electron chi connectivity index (χ4n) is 2.83. The van der Waals surface area contributed by atoms with Gasteiger partial charge in [-0.3, -0.25) is 10.1 Å². The second kappa shape index (κ2) is 6.75. The van der Waals surface area contributed by atoms with Gasteiger partial charge in [0.2, 0.25) is 5.88 Å². The van der Waals surface area contributed by atoms with E-state index in [4.69, 9.17) is 4.52 Å². The van der Waals surface area contributed by atoms with Gasteiger partial charge in [0.1, 0.15) is 5.69 Å². The maximum Gasteiger partial charge on any atom is 0.281 e. The normalized spacial score (nSPS) is 15.7. The van der Waals surface area contributed by atoms with Crippen molar-refractivity contribution in [1.29, 1.82) is 0 Å². The summed E-state index contributed by atoms with van der Waals surface area (Å²) in [5, 5.41) is 6.82. The van der Waals surface area contributed by atoms with Gasteiger partial charge < -0.3 is 9.42 Å². The molecule has 5 nitrogen and oxygen atoms in total. The largest absolute Gasteiger partial charge is 0.338 e. The molecule has 3 rings (SSSR count). The number of nitrogens with one attached hydrogen (secondary N) is 2. The predicted octanol–water partition coefficient (Wildman–Crippen LogP) is 1.66. The maximum absolute atomic E-state index is 12.1. The lowest BCUT2D eigenvalue weighted by Gasteiger charge is -2.22. The van der Waals surface area contributed by atoms with Gasteiger partial charge in [-0.2, -0.15) is 0 Å². The molecule has 0 saturated carbocycles. The molecule has 1 aromatic carbocycles. The van der Waals surface area contributed by atoms with Crippen LogP contribution in [-0.2, 0) is 4.79 Å². The smallest absolute Gasteiger partial charge is 0.281 e. The summed E-state index contributed by atoms with van der Waals surface area (Å²) in [6.07, 6.45) is 3.71. The molecule has 22 heavy (non-hydrogen) atoms. The molecule has 2 aromatic rings. The molecular weight excluding hydrogens is 278 g/mol. The van der Waals surface area contributed by atoms with Crippen molar-refractivity contribution in [2.24, 2.45) is 0 Å². The van der Waals surface area contributed by atoms with E-state index in [2.05, 4.69) is 10.5 Å². The number of carbonyl (C=O) groups is 1. The Bertz CT molecular complexity index is 628. The van der Waals surface area contributed by atoms with Gasteiger partial charge in [0, 0.05) is 11.6 Å². The number of nitrogens with zero attached hydrogens (tertiary/aromatic N) is 1. The summed E-state index contributed by atoms with van der Waals surface area (Å²) in [4.78, 5) is 13.4. The molecular formula is C17H22N3O2+. The average Bonchev–Trinajstić information content (AvgIpc) is 2.97. The van der Waals surface area contributed by atoms with E-state index in [1.165, 1.54) is 29.7 Å². The first-order valence-electron chi connectivity index (χ1n) is 7.88. The number of aryl methyl sites for hydroxylation is 1. The Morgan fingerprint density at radius 3 is 2.68 bits per heavy atom. The maximum atomic E-state index is 12.1. The molecule has 0 atom stereocenters. The molecule has 1 amide bonds. The summed E-state index contributed by atoms with van der Waals surface area (Å²) in [7, 11) is 0. The summed E-state index contributed by atoms with van der Waals surface area (Å²) < 4.78 is 5.22. The highest BCUT2D eigenvalue weighted by Gasteiger charge is 2.18. The van der Waals surface area contributed by atoms with Crippen LogP contribution in [-0.4, -0.2) is 30.7 Å². The van der Waals surface area contributed by atoms with E-state index in [9.17, 15) is 4.79 Å². The lowest BCUT2D eigenvalue weighted by molar-refractivity contribution is -0.896. The van der Waals surface area contributed by atoms with E-state index in [0.29, 0.717) is 12.4 Å². The van der Waals surface area contributed by atoms with Crippen LogP contribution in [0.15, 0.2) is 34.9 Å². The Balaban J connectivity index is 1.59. The summed E-state index contributed by atoms with van der Waals surface area (Å²) in [5.41, 5.74) is 2.92. The Labute approximate surface area is 130 Å². The number of quaternary nitrogens is 1. The van der Waals surface area contributed by atoms with Crippen molar-refractivity contribution in [3.63, 3.8) is 0 Å². The molecule has 0 bridgehead atoms. The van der Waals surface area contributed by atoms with Crippen LogP contribution >= 0.6 is 0 Å². The third-order valence-corrected chi connectivity index (χ3v) is 4.09. The van der Waals surface area contributed by atoms with Gasteiger partial charge >= 0.3 is 0 Å². The van der Waals surface area contributed by atoms with E-state index in [-0.39, 0.29) is 5.91 Å². The number of amides is 1. The lowest BCUT2D eigenvalue weighted by atomic mass is 10.1. The first-order valence-corrected chi connectivity index (χ1v) is 7.88. The van der Waals surface area contributed by atoms with Gasteiger partial charge in [0.05, 0.1) is 13.1 Å². The average molecular weight is 300 g/mol. The minimum atomic E-state index is -0.0106. The van der Waals surface area contributed by atoms with Crippen LogP contribution in [0.2, 0.25) is 0 Å². The van der Waals surface area contributed by atoms with E-state index in [1.54, 1.807) is 6.07 Å². The number of anilines is 1. The third-order valence-electron chi connectivity index (χ3n) is 4.09. The van der Waals surface area contributed by atoms with Crippen molar-refractivity contribution < 1.29 is 14.2 Å². The van der Waals surface area contributed by atoms with Gasteiger partial charge in [-0.05, 0) is 26.2 Å². The van der Waals surface area contributed by atoms with Gasteiger partial charge in [0.15, 0.2) is 6.54 Å². The van der Waals surface area contributed by atoms with Gasteiger partial charge in [0.25, 0.3) is 5.91 Å². The van der Waals surface area contributed by atoms with Gasteiger partial charge in [-0.15, -0.1) is 0 Å². The zero-order valence-corrected chi connectivity index (χ0v) is 12.9. The standard InChI is InChI=1S/C17H21N3O2/c1-13-5-7-14(8-6-13)15-11-17(22-19-15)18-16(21)12-20-9-3-2-4-10-20/h5-8,11H,2-4,9-10,12H2,1H3,(H,18,21)/p+1. The third kappa shape index (κ3) is 3.74. The highest BCUT2D eigenvalue weighted by atomic mass is 16.5. The molecule has 1 aliphatic rings. The fraction of sp³-hybridized carbons (Fsp3) is 0.412. The fourth-order valence-corrected chi connectivity index (χ4v) is 2.83. The molecule has 1 aromatic heterocycles. The monoisotopic (exact) mass is 300 g/mol. The number of rotatable bonds is 4. The van der Waals surface area contributed by atoms with Crippen LogP contribution in [0, 0.1) is 6.92 Å². The Morgan fingerprint density at radius 2 is 1.95 bits per heavy atom. The number of carbonyl (C=O) groups excluding carboxylic acids is 1. The highest BCUT2D eigenvalue weighted by molar-refractivity contribution is 5.90.